The lowest BCUT2D eigenvalue weighted by molar-refractivity contribution is 0.104. The van der Waals surface area contributed by atoms with Crippen LogP contribution in [0.5, 0.6) is 11.5 Å². The molecule has 0 fully saturated rings. The van der Waals surface area contributed by atoms with Crippen LogP contribution in [0.1, 0.15) is 49.2 Å². The fourth-order valence-corrected chi connectivity index (χ4v) is 2.70. The zero-order chi connectivity index (χ0) is 20.7. The molecule has 0 aliphatic heterocycles. The Morgan fingerprint density at radius 2 is 1.64 bits per heavy atom. The molecule has 0 saturated heterocycles. The number of rotatable bonds is 9. The molecule has 28 heavy (non-hydrogen) atoms. The van der Waals surface area contributed by atoms with Crippen LogP contribution in [0.4, 0.5) is 5.69 Å². The van der Waals surface area contributed by atoms with Gasteiger partial charge in [-0.15, -0.1) is 6.58 Å². The highest BCUT2D eigenvalue weighted by Gasteiger charge is 2.13. The number of nitrogen functional groups attached to an aromatic ring is 1. The number of allylic oxidation sites excluding steroid dienone is 2. The summed E-state index contributed by atoms with van der Waals surface area (Å²) in [4.78, 5) is 12.5. The topological polar surface area (TPSA) is 61.6 Å². The summed E-state index contributed by atoms with van der Waals surface area (Å²) < 4.78 is 11.9. The number of anilines is 1. The van der Waals surface area contributed by atoms with Crippen LogP contribution in [0.2, 0.25) is 0 Å². The van der Waals surface area contributed by atoms with Crippen molar-refractivity contribution < 1.29 is 14.3 Å². The van der Waals surface area contributed by atoms with E-state index in [2.05, 4.69) is 6.58 Å². The Labute approximate surface area is 167 Å². The molecule has 0 heterocycles. The molecule has 0 amide bonds. The van der Waals surface area contributed by atoms with Crippen molar-refractivity contribution in [2.24, 2.45) is 0 Å². The number of ether oxygens (including phenoxy) is 2. The summed E-state index contributed by atoms with van der Waals surface area (Å²) in [5.41, 5.74) is 8.72. The molecule has 2 aromatic carbocycles. The normalized spacial score (nSPS) is 11.2. The van der Waals surface area contributed by atoms with Crippen LogP contribution in [0.15, 0.2) is 55.1 Å². The monoisotopic (exact) mass is 379 g/mol. The molecule has 4 nitrogen and oxygen atoms in total. The first-order chi connectivity index (χ1) is 13.3. The number of hydrogen-bond donors (Lipinski definition) is 1. The molecule has 0 unspecified atom stereocenters. The van der Waals surface area contributed by atoms with Gasteiger partial charge >= 0.3 is 0 Å². The minimum absolute atomic E-state index is 0.00268. The lowest BCUT2D eigenvalue weighted by atomic mass is 10.0. The zero-order valence-electron chi connectivity index (χ0n) is 17.1. The SMILES string of the molecule is C=CCc1cc(C=CC(=O)c2ccc(N)cc2)c(OC(C)C)cc1OC(C)C. The van der Waals surface area contributed by atoms with Crippen molar-refractivity contribution in [1.29, 1.82) is 0 Å². The second-order valence-electron chi connectivity index (χ2n) is 7.14. The quantitative estimate of drug-likeness (QED) is 0.272. The molecule has 2 N–H and O–H groups in total. The average Bonchev–Trinajstić information content (AvgIpc) is 2.62. The Balaban J connectivity index is 2.41. The number of hydrogen-bond acceptors (Lipinski definition) is 4. The number of ketones is 1. The minimum Gasteiger partial charge on any atom is -0.491 e. The highest BCUT2D eigenvalue weighted by Crippen LogP contribution is 2.32. The van der Waals surface area contributed by atoms with Crippen molar-refractivity contribution in [3.63, 3.8) is 0 Å². The van der Waals surface area contributed by atoms with Crippen LogP contribution >= 0.6 is 0 Å². The van der Waals surface area contributed by atoms with Crippen molar-refractivity contribution in [1.82, 2.24) is 0 Å². The summed E-state index contributed by atoms with van der Waals surface area (Å²) in [6.07, 6.45) is 5.87. The third-order valence-corrected chi connectivity index (χ3v) is 3.89. The van der Waals surface area contributed by atoms with Gasteiger partial charge in [0.1, 0.15) is 11.5 Å². The lowest BCUT2D eigenvalue weighted by Gasteiger charge is -2.19. The van der Waals surface area contributed by atoms with Gasteiger partial charge in [-0.25, -0.2) is 0 Å². The van der Waals surface area contributed by atoms with E-state index in [9.17, 15) is 4.79 Å². The van der Waals surface area contributed by atoms with Gasteiger partial charge in [-0.1, -0.05) is 6.08 Å². The van der Waals surface area contributed by atoms with Crippen LogP contribution in [-0.2, 0) is 6.42 Å². The average molecular weight is 380 g/mol. The van der Waals surface area contributed by atoms with E-state index in [1.807, 2.05) is 45.9 Å². The molecule has 0 radical (unpaired) electrons. The van der Waals surface area contributed by atoms with Gasteiger partial charge < -0.3 is 15.2 Å². The Morgan fingerprint density at radius 1 is 1.04 bits per heavy atom. The van der Waals surface area contributed by atoms with E-state index in [0.29, 0.717) is 23.4 Å². The summed E-state index contributed by atoms with van der Waals surface area (Å²) in [7, 11) is 0. The van der Waals surface area contributed by atoms with Crippen LogP contribution < -0.4 is 15.2 Å². The summed E-state index contributed by atoms with van der Waals surface area (Å²) >= 11 is 0. The first-order valence-corrected chi connectivity index (χ1v) is 9.49. The molecule has 0 saturated carbocycles. The van der Waals surface area contributed by atoms with Gasteiger partial charge in [0.2, 0.25) is 0 Å². The maximum absolute atomic E-state index is 12.5. The van der Waals surface area contributed by atoms with E-state index >= 15 is 0 Å². The molecule has 0 atom stereocenters. The van der Waals surface area contributed by atoms with E-state index < -0.39 is 0 Å². The number of carbonyl (C=O) groups excluding carboxylic acids is 1. The molecule has 2 aromatic rings. The van der Waals surface area contributed by atoms with Crippen LogP contribution in [-0.4, -0.2) is 18.0 Å². The maximum Gasteiger partial charge on any atom is 0.185 e. The summed E-state index contributed by atoms with van der Waals surface area (Å²) in [5, 5.41) is 0. The molecule has 0 aliphatic carbocycles. The second-order valence-corrected chi connectivity index (χ2v) is 7.14. The molecule has 2 rings (SSSR count). The van der Waals surface area contributed by atoms with Gasteiger partial charge in [-0.2, -0.15) is 0 Å². The van der Waals surface area contributed by atoms with Crippen molar-refractivity contribution in [2.75, 3.05) is 5.73 Å². The smallest absolute Gasteiger partial charge is 0.185 e. The van der Waals surface area contributed by atoms with Crippen molar-refractivity contribution in [3.05, 3.63) is 71.8 Å². The Kier molecular flexibility index (Phi) is 7.44. The fourth-order valence-electron chi connectivity index (χ4n) is 2.70. The summed E-state index contributed by atoms with van der Waals surface area (Å²) in [6.45, 7) is 11.7. The van der Waals surface area contributed by atoms with E-state index in [-0.39, 0.29) is 18.0 Å². The maximum atomic E-state index is 12.5. The van der Waals surface area contributed by atoms with Gasteiger partial charge in [0.25, 0.3) is 0 Å². The predicted molar refractivity (Wildman–Crippen MR) is 116 cm³/mol. The first-order valence-electron chi connectivity index (χ1n) is 9.49. The van der Waals surface area contributed by atoms with E-state index in [4.69, 9.17) is 15.2 Å². The molecule has 4 heteroatoms. The first kappa shape index (κ1) is 21.3. The molecule has 0 bridgehead atoms. The Morgan fingerprint density at radius 3 is 2.21 bits per heavy atom. The Bertz CT molecular complexity index is 849. The summed E-state index contributed by atoms with van der Waals surface area (Å²) in [5.74, 6) is 1.36. The molecule has 0 aliphatic rings. The van der Waals surface area contributed by atoms with Gasteiger partial charge in [-0.3, -0.25) is 4.79 Å². The van der Waals surface area contributed by atoms with Crippen molar-refractivity contribution in [2.45, 2.75) is 46.3 Å². The molecule has 148 valence electrons. The predicted octanol–water partition coefficient (Wildman–Crippen LogP) is 5.47. The summed E-state index contributed by atoms with van der Waals surface area (Å²) in [6, 6.07) is 10.8. The standard InChI is InChI=1S/C24H29NO3/c1-6-7-19-14-20(10-13-22(26)18-8-11-21(25)12-9-18)24(28-17(4)5)15-23(19)27-16(2)3/h6,8-17H,1,7,25H2,2-5H3. The minimum atomic E-state index is -0.0942. The molecular weight excluding hydrogens is 350 g/mol. The van der Waals surface area contributed by atoms with Crippen LogP contribution in [0.3, 0.4) is 0 Å². The number of carbonyl (C=O) groups is 1. The van der Waals surface area contributed by atoms with E-state index in [1.165, 1.54) is 0 Å². The highest BCUT2D eigenvalue weighted by atomic mass is 16.5. The highest BCUT2D eigenvalue weighted by molar-refractivity contribution is 6.07. The van der Waals surface area contributed by atoms with E-state index in [1.54, 1.807) is 36.4 Å². The third kappa shape index (κ3) is 6.02. The lowest BCUT2D eigenvalue weighted by Crippen LogP contribution is -2.10. The zero-order valence-corrected chi connectivity index (χ0v) is 17.1. The molecule has 0 spiro atoms. The second kappa shape index (κ2) is 9.79. The molecule has 0 aromatic heterocycles. The van der Waals surface area contributed by atoms with Crippen LogP contribution in [0.25, 0.3) is 6.08 Å². The Hall–Kier alpha value is -3.01. The van der Waals surface area contributed by atoms with Crippen LogP contribution in [0, 0.1) is 0 Å². The van der Waals surface area contributed by atoms with Gasteiger partial charge in [0.05, 0.1) is 12.2 Å². The molecular formula is C24H29NO3. The number of benzene rings is 2. The number of nitrogens with two attached hydrogens (primary N) is 1. The van der Waals surface area contributed by atoms with Gasteiger partial charge in [-0.05, 0) is 82.2 Å². The van der Waals surface area contributed by atoms with Crippen molar-refractivity contribution in [3.8, 4) is 11.5 Å². The third-order valence-electron chi connectivity index (χ3n) is 3.89. The van der Waals surface area contributed by atoms with Gasteiger partial charge in [0, 0.05) is 22.9 Å². The van der Waals surface area contributed by atoms with Gasteiger partial charge in [0.15, 0.2) is 5.78 Å². The fraction of sp³-hybridized carbons (Fsp3) is 0.292. The van der Waals surface area contributed by atoms with Crippen molar-refractivity contribution >= 4 is 17.5 Å². The largest absolute Gasteiger partial charge is 0.491 e. The van der Waals surface area contributed by atoms with E-state index in [0.717, 1.165) is 16.9 Å².